The van der Waals surface area contributed by atoms with Crippen molar-refractivity contribution in [2.45, 2.75) is 50.8 Å². The van der Waals surface area contributed by atoms with Gasteiger partial charge in [0.05, 0.1) is 0 Å². The molecule has 0 N–H and O–H groups in total. The lowest BCUT2D eigenvalue weighted by Crippen LogP contribution is -2.55. The minimum absolute atomic E-state index is 0.0265. The van der Waals surface area contributed by atoms with Crippen LogP contribution in [0.1, 0.15) is 38.5 Å². The normalized spacial score (nSPS) is 28.1. The molecule has 15 heavy (non-hydrogen) atoms. The average molecular weight is 209 g/mol. The Hall–Kier alpha value is -0.830. The maximum Gasteiger partial charge on any atom is 0.331 e. The minimum atomic E-state index is -0.291. The standard InChI is InChI=1S/C12H19NO2/c1-2-12(14)15-11-8-9-13(11)10-6-4-3-5-7-10/h2,10-11H,1,3-9H2. The second-order valence-corrected chi connectivity index (χ2v) is 4.41. The number of hydrogen-bond acceptors (Lipinski definition) is 3. The summed E-state index contributed by atoms with van der Waals surface area (Å²) in [4.78, 5) is 13.4. The fourth-order valence-corrected chi connectivity index (χ4v) is 2.52. The van der Waals surface area contributed by atoms with Crippen LogP contribution < -0.4 is 0 Å². The molecule has 0 spiro atoms. The molecule has 0 bridgehead atoms. The van der Waals surface area contributed by atoms with E-state index in [0.29, 0.717) is 6.04 Å². The molecule has 1 aliphatic heterocycles. The summed E-state index contributed by atoms with van der Waals surface area (Å²) in [5, 5.41) is 0. The zero-order valence-corrected chi connectivity index (χ0v) is 9.15. The molecule has 3 heteroatoms. The molecule has 1 saturated carbocycles. The molecular formula is C12H19NO2. The van der Waals surface area contributed by atoms with Crippen LogP contribution in [0.15, 0.2) is 12.7 Å². The first-order valence-electron chi connectivity index (χ1n) is 5.90. The second-order valence-electron chi connectivity index (χ2n) is 4.41. The highest BCUT2D eigenvalue weighted by molar-refractivity contribution is 5.81. The Morgan fingerprint density at radius 2 is 2.00 bits per heavy atom. The first kappa shape index (κ1) is 10.7. The van der Waals surface area contributed by atoms with Gasteiger partial charge in [-0.25, -0.2) is 4.79 Å². The first-order chi connectivity index (χ1) is 7.31. The van der Waals surface area contributed by atoms with Crippen molar-refractivity contribution in [2.24, 2.45) is 0 Å². The third-order valence-electron chi connectivity index (χ3n) is 3.47. The van der Waals surface area contributed by atoms with Gasteiger partial charge in [-0.2, -0.15) is 0 Å². The van der Waals surface area contributed by atoms with Crippen molar-refractivity contribution in [3.8, 4) is 0 Å². The van der Waals surface area contributed by atoms with Crippen molar-refractivity contribution in [1.29, 1.82) is 0 Å². The summed E-state index contributed by atoms with van der Waals surface area (Å²) in [6.07, 6.45) is 8.80. The lowest BCUT2D eigenvalue weighted by Gasteiger charge is -2.46. The maximum absolute atomic E-state index is 11.1. The molecule has 0 aromatic carbocycles. The molecule has 0 aromatic rings. The van der Waals surface area contributed by atoms with Gasteiger partial charge < -0.3 is 4.74 Å². The molecule has 2 rings (SSSR count). The van der Waals surface area contributed by atoms with Gasteiger partial charge in [-0.05, 0) is 12.8 Å². The SMILES string of the molecule is C=CC(=O)OC1CCN1C1CCCCC1. The van der Waals surface area contributed by atoms with Crippen molar-refractivity contribution in [2.75, 3.05) is 6.54 Å². The second kappa shape index (κ2) is 4.79. The van der Waals surface area contributed by atoms with Crippen LogP contribution in [0.5, 0.6) is 0 Å². The highest BCUT2D eigenvalue weighted by Crippen LogP contribution is 2.30. The molecule has 2 aliphatic rings. The van der Waals surface area contributed by atoms with Crippen LogP contribution in [0.25, 0.3) is 0 Å². The van der Waals surface area contributed by atoms with E-state index in [1.165, 1.54) is 38.2 Å². The predicted octanol–water partition coefficient (Wildman–Crippen LogP) is 2.08. The number of carbonyl (C=O) groups is 1. The van der Waals surface area contributed by atoms with Crippen molar-refractivity contribution in [3.63, 3.8) is 0 Å². The topological polar surface area (TPSA) is 29.5 Å². The molecular weight excluding hydrogens is 190 g/mol. The summed E-state index contributed by atoms with van der Waals surface area (Å²) >= 11 is 0. The Labute approximate surface area is 91.1 Å². The van der Waals surface area contributed by atoms with E-state index < -0.39 is 0 Å². The molecule has 1 saturated heterocycles. The maximum atomic E-state index is 11.1. The van der Waals surface area contributed by atoms with Gasteiger partial charge in [0, 0.05) is 25.1 Å². The van der Waals surface area contributed by atoms with Gasteiger partial charge in [-0.3, -0.25) is 4.90 Å². The fraction of sp³-hybridized carbons (Fsp3) is 0.750. The molecule has 0 aromatic heterocycles. The number of hydrogen-bond donors (Lipinski definition) is 0. The number of nitrogens with zero attached hydrogens (tertiary/aromatic N) is 1. The van der Waals surface area contributed by atoms with Gasteiger partial charge in [0.2, 0.25) is 0 Å². The van der Waals surface area contributed by atoms with Crippen LogP contribution in [-0.4, -0.2) is 29.7 Å². The van der Waals surface area contributed by atoms with Gasteiger partial charge in [-0.15, -0.1) is 0 Å². The monoisotopic (exact) mass is 209 g/mol. The van der Waals surface area contributed by atoms with Crippen LogP contribution in [-0.2, 0) is 9.53 Å². The van der Waals surface area contributed by atoms with Crippen molar-refractivity contribution >= 4 is 5.97 Å². The average Bonchev–Trinajstić information content (AvgIpc) is 2.25. The number of rotatable bonds is 3. The lowest BCUT2D eigenvalue weighted by atomic mass is 9.92. The third kappa shape index (κ3) is 2.40. The number of carbonyl (C=O) groups excluding carboxylic acids is 1. The molecule has 1 heterocycles. The van der Waals surface area contributed by atoms with Crippen LogP contribution in [0.2, 0.25) is 0 Å². The number of ether oxygens (including phenoxy) is 1. The Kier molecular flexibility index (Phi) is 3.41. The minimum Gasteiger partial charge on any atom is -0.443 e. The van der Waals surface area contributed by atoms with Gasteiger partial charge in [0.1, 0.15) is 0 Å². The highest BCUT2D eigenvalue weighted by Gasteiger charge is 2.36. The molecule has 1 unspecified atom stereocenters. The van der Waals surface area contributed by atoms with E-state index in [1.54, 1.807) is 0 Å². The van der Waals surface area contributed by atoms with Gasteiger partial charge in [0.25, 0.3) is 0 Å². The van der Waals surface area contributed by atoms with Gasteiger partial charge in [0.15, 0.2) is 6.23 Å². The summed E-state index contributed by atoms with van der Waals surface area (Å²) in [6, 6.07) is 0.648. The summed E-state index contributed by atoms with van der Waals surface area (Å²) < 4.78 is 5.27. The van der Waals surface area contributed by atoms with E-state index in [1.807, 2.05) is 0 Å². The zero-order chi connectivity index (χ0) is 10.7. The Morgan fingerprint density at radius 1 is 1.27 bits per heavy atom. The summed E-state index contributed by atoms with van der Waals surface area (Å²) in [6.45, 7) is 4.50. The van der Waals surface area contributed by atoms with Gasteiger partial charge in [-0.1, -0.05) is 25.8 Å². The van der Waals surface area contributed by atoms with Crippen LogP contribution in [0.4, 0.5) is 0 Å². The van der Waals surface area contributed by atoms with Crippen molar-refractivity contribution < 1.29 is 9.53 Å². The summed E-state index contributed by atoms with van der Waals surface area (Å²) in [5.74, 6) is -0.291. The van der Waals surface area contributed by atoms with E-state index in [9.17, 15) is 4.79 Å². The highest BCUT2D eigenvalue weighted by atomic mass is 16.6. The van der Waals surface area contributed by atoms with E-state index in [2.05, 4.69) is 11.5 Å². The molecule has 3 nitrogen and oxygen atoms in total. The van der Waals surface area contributed by atoms with E-state index in [0.717, 1.165) is 13.0 Å². The summed E-state index contributed by atoms with van der Waals surface area (Å²) in [7, 11) is 0. The quantitative estimate of drug-likeness (QED) is 0.526. The van der Waals surface area contributed by atoms with Crippen LogP contribution >= 0.6 is 0 Å². The number of esters is 1. The molecule has 2 fully saturated rings. The summed E-state index contributed by atoms with van der Waals surface area (Å²) in [5.41, 5.74) is 0. The molecule has 84 valence electrons. The smallest absolute Gasteiger partial charge is 0.331 e. The van der Waals surface area contributed by atoms with Crippen LogP contribution in [0.3, 0.4) is 0 Å². The van der Waals surface area contributed by atoms with E-state index >= 15 is 0 Å². The molecule has 0 radical (unpaired) electrons. The fourth-order valence-electron chi connectivity index (χ4n) is 2.52. The van der Waals surface area contributed by atoms with Crippen molar-refractivity contribution in [1.82, 2.24) is 4.90 Å². The predicted molar refractivity (Wildman–Crippen MR) is 58.3 cm³/mol. The largest absolute Gasteiger partial charge is 0.443 e. The van der Waals surface area contributed by atoms with E-state index in [4.69, 9.17) is 4.74 Å². The molecule has 1 aliphatic carbocycles. The van der Waals surface area contributed by atoms with Gasteiger partial charge >= 0.3 is 5.97 Å². The lowest BCUT2D eigenvalue weighted by molar-refractivity contribution is -0.173. The zero-order valence-electron chi connectivity index (χ0n) is 9.15. The Bertz CT molecular complexity index is 246. The number of likely N-dealkylation sites (tertiary alicyclic amines) is 1. The Morgan fingerprint density at radius 3 is 2.53 bits per heavy atom. The Balaban J connectivity index is 1.82. The van der Waals surface area contributed by atoms with Crippen LogP contribution in [0, 0.1) is 0 Å². The first-order valence-corrected chi connectivity index (χ1v) is 5.90. The van der Waals surface area contributed by atoms with E-state index in [-0.39, 0.29) is 12.2 Å². The third-order valence-corrected chi connectivity index (χ3v) is 3.47. The molecule has 1 atom stereocenters. The molecule has 0 amide bonds. The van der Waals surface area contributed by atoms with Crippen molar-refractivity contribution in [3.05, 3.63) is 12.7 Å².